The second kappa shape index (κ2) is 10.8. The summed E-state index contributed by atoms with van der Waals surface area (Å²) in [5.74, 6) is 0. The zero-order valence-corrected chi connectivity index (χ0v) is 14.4. The molecule has 24 heavy (non-hydrogen) atoms. The molecule has 0 saturated carbocycles. The summed E-state index contributed by atoms with van der Waals surface area (Å²) in [4.78, 5) is 0. The highest BCUT2D eigenvalue weighted by atomic mass is 15.7. The lowest BCUT2D eigenvalue weighted by molar-refractivity contribution is 0.309. The van der Waals surface area contributed by atoms with Crippen molar-refractivity contribution in [3.8, 4) is 0 Å². The van der Waals surface area contributed by atoms with Crippen LogP contribution in [0.5, 0.6) is 0 Å². The van der Waals surface area contributed by atoms with Crippen molar-refractivity contribution in [2.45, 2.75) is 13.3 Å². The highest BCUT2D eigenvalue weighted by molar-refractivity contribution is 6.00. The lowest BCUT2D eigenvalue weighted by atomic mass is 10.1. The first-order chi connectivity index (χ1) is 11.7. The standard InChI is InChI=1S/C20H26N4/c1-6-12-18(7-2)17(4)22-15-16-24(21-5)23-20(8-3)19-13-10-9-11-14-19/h6-7,9-14,22H,1-2,4-5,8,15-16H2,3H3/b18-12+,23-20+. The average molecular weight is 322 g/mol. The van der Waals surface area contributed by atoms with Crippen LogP contribution in [0, 0.1) is 0 Å². The fourth-order valence-corrected chi connectivity index (χ4v) is 2.08. The predicted octanol–water partition coefficient (Wildman–Crippen LogP) is 4.12. The van der Waals surface area contributed by atoms with Crippen molar-refractivity contribution in [3.05, 3.63) is 85.1 Å². The number of hydrogen-bond donors (Lipinski definition) is 1. The summed E-state index contributed by atoms with van der Waals surface area (Å²) < 4.78 is 0. The van der Waals surface area contributed by atoms with E-state index in [0.717, 1.165) is 29.0 Å². The molecular formula is C20H26N4. The van der Waals surface area contributed by atoms with Crippen molar-refractivity contribution in [2.24, 2.45) is 10.2 Å². The highest BCUT2D eigenvalue weighted by Crippen LogP contribution is 2.07. The molecule has 1 aromatic carbocycles. The van der Waals surface area contributed by atoms with Crippen LogP contribution in [-0.4, -0.2) is 30.6 Å². The number of rotatable bonds is 11. The van der Waals surface area contributed by atoms with Crippen molar-refractivity contribution in [1.82, 2.24) is 10.4 Å². The Morgan fingerprint density at radius 2 is 1.96 bits per heavy atom. The van der Waals surface area contributed by atoms with Crippen molar-refractivity contribution in [2.75, 3.05) is 13.1 Å². The molecule has 1 N–H and O–H groups in total. The molecule has 1 aromatic rings. The van der Waals surface area contributed by atoms with Gasteiger partial charge in [0.05, 0.1) is 12.3 Å². The van der Waals surface area contributed by atoms with E-state index in [9.17, 15) is 0 Å². The van der Waals surface area contributed by atoms with Crippen molar-refractivity contribution in [3.63, 3.8) is 0 Å². The van der Waals surface area contributed by atoms with Crippen molar-refractivity contribution < 1.29 is 0 Å². The van der Waals surface area contributed by atoms with Crippen LogP contribution in [0.2, 0.25) is 0 Å². The SMILES string of the molecule is C=C/C=C(\C=C)C(=C)NCCN(N=C)/N=C(\CC)c1ccccc1. The Kier molecular flexibility index (Phi) is 8.61. The maximum atomic E-state index is 4.58. The van der Waals surface area contributed by atoms with E-state index in [2.05, 4.69) is 48.9 Å². The van der Waals surface area contributed by atoms with Gasteiger partial charge in [-0.05, 0) is 17.6 Å². The first-order valence-electron chi connectivity index (χ1n) is 7.91. The third-order valence-electron chi connectivity index (χ3n) is 3.36. The van der Waals surface area contributed by atoms with Crippen LogP contribution in [0.25, 0.3) is 0 Å². The van der Waals surface area contributed by atoms with Gasteiger partial charge in [-0.2, -0.15) is 15.3 Å². The molecule has 0 bridgehead atoms. The normalized spacial score (nSPS) is 11.5. The fourth-order valence-electron chi connectivity index (χ4n) is 2.08. The van der Waals surface area contributed by atoms with Gasteiger partial charge in [0.2, 0.25) is 0 Å². The third-order valence-corrected chi connectivity index (χ3v) is 3.36. The maximum absolute atomic E-state index is 4.58. The zero-order chi connectivity index (χ0) is 17.8. The molecule has 0 aliphatic heterocycles. The van der Waals surface area contributed by atoms with Crippen molar-refractivity contribution >= 4 is 12.4 Å². The average Bonchev–Trinajstić information content (AvgIpc) is 2.63. The molecule has 1 rings (SSSR count). The molecule has 0 radical (unpaired) electrons. The maximum Gasteiger partial charge on any atom is 0.0779 e. The van der Waals surface area contributed by atoms with Gasteiger partial charge in [-0.1, -0.05) is 75.2 Å². The summed E-state index contributed by atoms with van der Waals surface area (Å²) in [6, 6.07) is 10.1. The Morgan fingerprint density at radius 1 is 1.25 bits per heavy atom. The molecule has 126 valence electrons. The van der Waals surface area contributed by atoms with E-state index in [1.54, 1.807) is 17.3 Å². The van der Waals surface area contributed by atoms with E-state index in [0.29, 0.717) is 13.1 Å². The molecule has 0 aliphatic rings. The number of nitrogens with one attached hydrogen (secondary N) is 1. The minimum Gasteiger partial charge on any atom is -0.383 e. The van der Waals surface area contributed by atoms with Crippen LogP contribution < -0.4 is 5.32 Å². The summed E-state index contributed by atoms with van der Waals surface area (Å²) in [6.45, 7) is 18.3. The van der Waals surface area contributed by atoms with E-state index < -0.39 is 0 Å². The first-order valence-corrected chi connectivity index (χ1v) is 7.91. The second-order valence-corrected chi connectivity index (χ2v) is 4.97. The van der Waals surface area contributed by atoms with Crippen LogP contribution >= 0.6 is 0 Å². The Hall–Kier alpha value is -2.88. The third kappa shape index (κ3) is 6.08. The van der Waals surface area contributed by atoms with Crippen LogP contribution in [0.15, 0.2) is 89.8 Å². The highest BCUT2D eigenvalue weighted by Gasteiger charge is 2.05. The number of hydrazone groups is 2. The summed E-state index contributed by atoms with van der Waals surface area (Å²) >= 11 is 0. The van der Waals surface area contributed by atoms with E-state index in [1.807, 2.05) is 36.4 Å². The van der Waals surface area contributed by atoms with Gasteiger partial charge in [0.1, 0.15) is 0 Å². The van der Waals surface area contributed by atoms with Gasteiger partial charge in [0, 0.05) is 19.0 Å². The molecule has 0 atom stereocenters. The van der Waals surface area contributed by atoms with E-state index in [-0.39, 0.29) is 0 Å². The summed E-state index contributed by atoms with van der Waals surface area (Å²) in [5, 5.41) is 13.4. The second-order valence-electron chi connectivity index (χ2n) is 4.97. The Bertz CT molecular complexity index is 626. The lowest BCUT2D eigenvalue weighted by Gasteiger charge is -2.17. The number of nitrogens with zero attached hydrogens (tertiary/aromatic N) is 3. The van der Waals surface area contributed by atoms with Crippen LogP contribution in [-0.2, 0) is 0 Å². The van der Waals surface area contributed by atoms with E-state index >= 15 is 0 Å². The Labute approximate surface area is 145 Å². The monoisotopic (exact) mass is 322 g/mol. The Balaban J connectivity index is 2.67. The van der Waals surface area contributed by atoms with Gasteiger partial charge < -0.3 is 5.32 Å². The molecule has 0 saturated heterocycles. The van der Waals surface area contributed by atoms with E-state index in [1.165, 1.54) is 0 Å². The summed E-state index contributed by atoms with van der Waals surface area (Å²) in [7, 11) is 0. The molecule has 0 amide bonds. The number of benzene rings is 1. The zero-order valence-electron chi connectivity index (χ0n) is 14.4. The minimum absolute atomic E-state index is 0.581. The molecule has 0 aromatic heterocycles. The van der Waals surface area contributed by atoms with Crippen LogP contribution in [0.3, 0.4) is 0 Å². The molecular weight excluding hydrogens is 296 g/mol. The number of hydrogen-bond acceptors (Lipinski definition) is 4. The van der Waals surface area contributed by atoms with Crippen molar-refractivity contribution in [1.29, 1.82) is 0 Å². The smallest absolute Gasteiger partial charge is 0.0779 e. The van der Waals surface area contributed by atoms with Gasteiger partial charge in [-0.25, -0.2) is 0 Å². The van der Waals surface area contributed by atoms with Gasteiger partial charge in [-0.15, -0.1) is 0 Å². The van der Waals surface area contributed by atoms with Crippen LogP contribution in [0.1, 0.15) is 18.9 Å². The quantitative estimate of drug-likeness (QED) is 0.378. The molecule has 0 spiro atoms. The summed E-state index contributed by atoms with van der Waals surface area (Å²) in [6.07, 6.45) is 6.12. The topological polar surface area (TPSA) is 40.0 Å². The van der Waals surface area contributed by atoms with Gasteiger partial charge in [-0.3, -0.25) is 0 Å². The minimum atomic E-state index is 0.581. The van der Waals surface area contributed by atoms with E-state index in [4.69, 9.17) is 0 Å². The molecule has 0 unspecified atom stereocenters. The van der Waals surface area contributed by atoms with Gasteiger partial charge in [0.15, 0.2) is 0 Å². The summed E-state index contributed by atoms with van der Waals surface area (Å²) in [5.41, 5.74) is 3.76. The number of allylic oxidation sites excluding steroid dienone is 3. The molecule has 0 fully saturated rings. The predicted molar refractivity (Wildman–Crippen MR) is 105 cm³/mol. The Morgan fingerprint density at radius 3 is 2.50 bits per heavy atom. The largest absolute Gasteiger partial charge is 0.383 e. The van der Waals surface area contributed by atoms with Gasteiger partial charge >= 0.3 is 0 Å². The molecule has 4 nitrogen and oxygen atoms in total. The fraction of sp³-hybridized carbons (Fsp3) is 0.200. The molecule has 0 heterocycles. The lowest BCUT2D eigenvalue weighted by Crippen LogP contribution is -2.26. The molecule has 4 heteroatoms. The van der Waals surface area contributed by atoms with Crippen LogP contribution in [0.4, 0.5) is 0 Å². The van der Waals surface area contributed by atoms with Gasteiger partial charge in [0.25, 0.3) is 0 Å². The first kappa shape index (κ1) is 19.2. The molecule has 0 aliphatic carbocycles.